The average molecular weight is 407 g/mol. The van der Waals surface area contributed by atoms with Crippen LogP contribution in [0.5, 0.6) is 5.75 Å². The molecule has 0 fully saturated rings. The number of nitrogens with zero attached hydrogens (tertiary/aromatic N) is 1. The number of halogens is 3. The third-order valence-corrected chi connectivity index (χ3v) is 4.34. The van der Waals surface area contributed by atoms with Gasteiger partial charge in [-0.3, -0.25) is 14.5 Å². The van der Waals surface area contributed by atoms with Gasteiger partial charge in [0.25, 0.3) is 11.8 Å². The lowest BCUT2D eigenvalue weighted by atomic mass is 10.1. The maximum atomic E-state index is 12.5. The number of rotatable bonds is 5. The van der Waals surface area contributed by atoms with Gasteiger partial charge in [0.05, 0.1) is 11.1 Å². The van der Waals surface area contributed by atoms with E-state index in [1.165, 1.54) is 25.1 Å². The van der Waals surface area contributed by atoms with E-state index < -0.39 is 35.9 Å². The number of hydrogen-bond acceptors (Lipinski definition) is 5. The number of alkyl halides is 3. The Morgan fingerprint density at radius 2 is 1.66 bits per heavy atom. The van der Waals surface area contributed by atoms with Crippen molar-refractivity contribution >= 4 is 17.8 Å². The molecule has 0 aliphatic carbocycles. The van der Waals surface area contributed by atoms with Crippen LogP contribution in [0.3, 0.4) is 0 Å². The molecule has 0 radical (unpaired) electrons. The predicted molar refractivity (Wildman–Crippen MR) is 94.1 cm³/mol. The van der Waals surface area contributed by atoms with E-state index in [1.54, 1.807) is 19.1 Å². The van der Waals surface area contributed by atoms with Gasteiger partial charge in [0.15, 0.2) is 0 Å². The van der Waals surface area contributed by atoms with Gasteiger partial charge in [-0.1, -0.05) is 23.8 Å². The normalized spacial score (nSPS) is 14.6. The van der Waals surface area contributed by atoms with Crippen LogP contribution < -0.4 is 4.74 Å². The first-order chi connectivity index (χ1) is 13.6. The first-order valence-corrected chi connectivity index (χ1v) is 8.56. The van der Waals surface area contributed by atoms with Crippen molar-refractivity contribution in [2.75, 3.05) is 0 Å². The van der Waals surface area contributed by atoms with Crippen LogP contribution in [0.15, 0.2) is 42.5 Å². The van der Waals surface area contributed by atoms with E-state index >= 15 is 0 Å². The Hall–Kier alpha value is -3.36. The van der Waals surface area contributed by atoms with Crippen molar-refractivity contribution in [3.8, 4) is 5.75 Å². The Balaban J connectivity index is 1.63. The minimum absolute atomic E-state index is 0.223. The van der Waals surface area contributed by atoms with E-state index in [0.29, 0.717) is 5.56 Å². The third-order valence-electron chi connectivity index (χ3n) is 4.34. The standard InChI is InChI=1S/C20H16F3NO5/c1-11-3-8-15-16(9-11)18(26)24(17(15)25)12(2)19(27)28-10-13-4-6-14(7-5-13)29-20(21,22)23/h3-9,12H,10H2,1-2H3. The van der Waals surface area contributed by atoms with Crippen LogP contribution in [0.2, 0.25) is 0 Å². The van der Waals surface area contributed by atoms with Gasteiger partial charge >= 0.3 is 12.3 Å². The quantitative estimate of drug-likeness (QED) is 0.559. The molecular formula is C20H16F3NO5. The number of imide groups is 1. The van der Waals surface area contributed by atoms with Gasteiger partial charge in [-0.25, -0.2) is 4.79 Å². The zero-order valence-corrected chi connectivity index (χ0v) is 15.4. The molecule has 6 nitrogen and oxygen atoms in total. The van der Waals surface area contributed by atoms with Crippen LogP contribution in [0.4, 0.5) is 13.2 Å². The van der Waals surface area contributed by atoms with E-state index in [-0.39, 0.29) is 17.7 Å². The highest BCUT2D eigenvalue weighted by atomic mass is 19.4. The molecule has 2 amide bonds. The summed E-state index contributed by atoms with van der Waals surface area (Å²) < 4.78 is 45.4. The highest BCUT2D eigenvalue weighted by Gasteiger charge is 2.41. The smallest absolute Gasteiger partial charge is 0.459 e. The molecule has 29 heavy (non-hydrogen) atoms. The van der Waals surface area contributed by atoms with Gasteiger partial charge in [0.2, 0.25) is 0 Å². The molecule has 0 aromatic heterocycles. The molecule has 1 aliphatic rings. The fraction of sp³-hybridized carbons (Fsp3) is 0.250. The maximum absolute atomic E-state index is 12.5. The molecule has 1 aliphatic heterocycles. The number of benzene rings is 2. The zero-order chi connectivity index (χ0) is 21.3. The van der Waals surface area contributed by atoms with Crippen molar-refractivity contribution in [1.29, 1.82) is 0 Å². The topological polar surface area (TPSA) is 72.9 Å². The maximum Gasteiger partial charge on any atom is 0.573 e. The largest absolute Gasteiger partial charge is 0.573 e. The molecule has 152 valence electrons. The molecule has 0 bridgehead atoms. The predicted octanol–water partition coefficient (Wildman–Crippen LogP) is 3.62. The zero-order valence-electron chi connectivity index (χ0n) is 15.4. The van der Waals surface area contributed by atoms with Crippen molar-refractivity contribution in [2.24, 2.45) is 0 Å². The summed E-state index contributed by atoms with van der Waals surface area (Å²) in [5, 5.41) is 0. The average Bonchev–Trinajstić information content (AvgIpc) is 2.89. The van der Waals surface area contributed by atoms with Crippen molar-refractivity contribution in [3.63, 3.8) is 0 Å². The molecule has 0 spiro atoms. The van der Waals surface area contributed by atoms with Gasteiger partial charge in [-0.15, -0.1) is 13.2 Å². The van der Waals surface area contributed by atoms with E-state index in [1.807, 2.05) is 0 Å². The molecule has 1 unspecified atom stereocenters. The Morgan fingerprint density at radius 1 is 1.03 bits per heavy atom. The highest BCUT2D eigenvalue weighted by molar-refractivity contribution is 6.22. The van der Waals surface area contributed by atoms with Gasteiger partial charge in [0.1, 0.15) is 18.4 Å². The summed E-state index contributed by atoms with van der Waals surface area (Å²) >= 11 is 0. The number of ether oxygens (including phenoxy) is 2. The van der Waals surface area contributed by atoms with Crippen LogP contribution in [-0.4, -0.2) is 35.1 Å². The molecule has 3 rings (SSSR count). The van der Waals surface area contributed by atoms with E-state index in [4.69, 9.17) is 4.74 Å². The number of aryl methyl sites for hydroxylation is 1. The van der Waals surface area contributed by atoms with E-state index in [9.17, 15) is 27.6 Å². The Kier molecular flexibility index (Phi) is 5.32. The molecule has 0 N–H and O–H groups in total. The third kappa shape index (κ3) is 4.39. The first kappa shape index (κ1) is 20.4. The van der Waals surface area contributed by atoms with E-state index in [0.717, 1.165) is 22.6 Å². The Morgan fingerprint density at radius 3 is 2.28 bits per heavy atom. The fourth-order valence-electron chi connectivity index (χ4n) is 2.89. The minimum atomic E-state index is -4.80. The second kappa shape index (κ2) is 7.57. The second-order valence-corrected chi connectivity index (χ2v) is 6.50. The van der Waals surface area contributed by atoms with E-state index in [2.05, 4.69) is 4.74 Å². The lowest BCUT2D eigenvalue weighted by Crippen LogP contribution is -2.43. The highest BCUT2D eigenvalue weighted by Crippen LogP contribution is 2.26. The number of amides is 2. The van der Waals surface area contributed by atoms with Crippen LogP contribution in [0.1, 0.15) is 38.8 Å². The summed E-state index contributed by atoms with van der Waals surface area (Å²) in [7, 11) is 0. The molecule has 1 atom stereocenters. The summed E-state index contributed by atoms with van der Waals surface area (Å²) in [6, 6.07) is 8.46. The van der Waals surface area contributed by atoms with Crippen molar-refractivity contribution in [3.05, 3.63) is 64.7 Å². The molecule has 0 saturated carbocycles. The van der Waals surface area contributed by atoms with Gasteiger partial charge in [-0.2, -0.15) is 0 Å². The van der Waals surface area contributed by atoms with Gasteiger partial charge in [0, 0.05) is 0 Å². The Labute approximate surface area is 163 Å². The molecule has 0 saturated heterocycles. The second-order valence-electron chi connectivity index (χ2n) is 6.50. The van der Waals surface area contributed by atoms with Crippen molar-refractivity contribution in [1.82, 2.24) is 4.90 Å². The van der Waals surface area contributed by atoms with Crippen molar-refractivity contribution < 1.29 is 37.0 Å². The number of fused-ring (bicyclic) bond motifs is 1. The van der Waals surface area contributed by atoms with Crippen LogP contribution >= 0.6 is 0 Å². The van der Waals surface area contributed by atoms with Gasteiger partial charge in [-0.05, 0) is 43.7 Å². The molecule has 1 heterocycles. The number of hydrogen-bond donors (Lipinski definition) is 0. The van der Waals surface area contributed by atoms with Crippen LogP contribution in [0, 0.1) is 6.92 Å². The van der Waals surface area contributed by atoms with Crippen LogP contribution in [0.25, 0.3) is 0 Å². The number of carbonyl (C=O) groups excluding carboxylic acids is 3. The summed E-state index contributed by atoms with van der Waals surface area (Å²) in [6.07, 6.45) is -4.80. The summed E-state index contributed by atoms with van der Waals surface area (Å²) in [5.74, 6) is -2.37. The van der Waals surface area contributed by atoms with Gasteiger partial charge < -0.3 is 9.47 Å². The number of esters is 1. The monoisotopic (exact) mass is 407 g/mol. The van der Waals surface area contributed by atoms with Crippen molar-refractivity contribution in [2.45, 2.75) is 32.9 Å². The lowest BCUT2D eigenvalue weighted by Gasteiger charge is -2.21. The lowest BCUT2D eigenvalue weighted by molar-refractivity contribution is -0.274. The minimum Gasteiger partial charge on any atom is -0.459 e. The molecule has 2 aromatic carbocycles. The van der Waals surface area contributed by atoms with Crippen LogP contribution in [-0.2, 0) is 16.1 Å². The Bertz CT molecular complexity index is 969. The number of carbonyl (C=O) groups is 3. The molecule has 9 heteroatoms. The summed E-state index contributed by atoms with van der Waals surface area (Å²) in [4.78, 5) is 38.2. The molecular weight excluding hydrogens is 391 g/mol. The molecule has 2 aromatic rings. The summed E-state index contributed by atoms with van der Waals surface area (Å²) in [5.41, 5.74) is 1.67. The first-order valence-electron chi connectivity index (χ1n) is 8.56. The summed E-state index contributed by atoms with van der Waals surface area (Å²) in [6.45, 7) is 2.91. The fourth-order valence-corrected chi connectivity index (χ4v) is 2.89. The SMILES string of the molecule is Cc1ccc2c(c1)C(=O)N(C(C)C(=O)OCc1ccc(OC(F)(F)F)cc1)C2=O.